The van der Waals surface area contributed by atoms with Gasteiger partial charge in [0.1, 0.15) is 5.65 Å². The van der Waals surface area contributed by atoms with E-state index in [2.05, 4.69) is 226 Å². The van der Waals surface area contributed by atoms with Crippen LogP contribution in [0.3, 0.4) is 0 Å². The van der Waals surface area contributed by atoms with Gasteiger partial charge in [0, 0.05) is 44.6 Å². The van der Waals surface area contributed by atoms with Crippen LogP contribution in [-0.2, 0) is 0 Å². The molecule has 10 aromatic rings. The summed E-state index contributed by atoms with van der Waals surface area (Å²) in [5, 5.41) is 3.76. The summed E-state index contributed by atoms with van der Waals surface area (Å²) in [6.07, 6.45) is 0. The number of para-hydroxylation sites is 3. The van der Waals surface area contributed by atoms with Gasteiger partial charge in [-0.15, -0.1) is 0 Å². The predicted molar refractivity (Wildman–Crippen MR) is 223 cm³/mol. The Kier molecular flexibility index (Phi) is 7.47. The zero-order valence-electron chi connectivity index (χ0n) is 29.0. The lowest BCUT2D eigenvalue weighted by molar-refractivity contribution is 1.07. The number of fused-ring (bicyclic) bond motifs is 5. The van der Waals surface area contributed by atoms with Crippen LogP contribution in [0.25, 0.3) is 66.5 Å². The van der Waals surface area contributed by atoms with Gasteiger partial charge in [0.05, 0.1) is 11.0 Å². The molecule has 0 atom stereocenters. The number of hydrogen-bond donors (Lipinski definition) is 0. The molecule has 53 heavy (non-hydrogen) atoms. The quantitative estimate of drug-likeness (QED) is 0.164. The average molecular weight is 678 g/mol. The smallest absolute Gasteiger partial charge is 0.131 e. The molecule has 8 aromatic carbocycles. The summed E-state index contributed by atoms with van der Waals surface area (Å²) in [6.45, 7) is 0. The van der Waals surface area contributed by atoms with Crippen molar-refractivity contribution < 1.29 is 0 Å². The van der Waals surface area contributed by atoms with Gasteiger partial charge in [-0.2, -0.15) is 0 Å². The number of anilines is 3. The van der Waals surface area contributed by atoms with Gasteiger partial charge in [-0.25, -0.2) is 0 Å². The molecule has 10 rings (SSSR count). The first-order valence-corrected chi connectivity index (χ1v) is 18.1. The van der Waals surface area contributed by atoms with E-state index in [1.165, 1.54) is 49.4 Å². The lowest BCUT2D eigenvalue weighted by Gasteiger charge is -2.26. The molecule has 3 nitrogen and oxygen atoms in total. The summed E-state index contributed by atoms with van der Waals surface area (Å²) in [4.78, 5) is 2.34. The Bertz CT molecular complexity index is 2750. The maximum absolute atomic E-state index is 2.43. The van der Waals surface area contributed by atoms with E-state index in [1.54, 1.807) is 0 Å². The summed E-state index contributed by atoms with van der Waals surface area (Å²) in [5.74, 6) is 0. The number of nitrogens with zero attached hydrogens (tertiary/aromatic N) is 3. The van der Waals surface area contributed by atoms with E-state index in [0.29, 0.717) is 0 Å². The highest BCUT2D eigenvalue weighted by atomic mass is 15.2. The second-order valence-corrected chi connectivity index (χ2v) is 13.4. The fourth-order valence-electron chi connectivity index (χ4n) is 7.86. The molecule has 0 bridgehead atoms. The number of rotatable bonds is 7. The van der Waals surface area contributed by atoms with Crippen molar-refractivity contribution in [2.24, 2.45) is 0 Å². The molecule has 2 aromatic heterocycles. The third kappa shape index (κ3) is 5.30. The molecule has 0 amide bonds. The molecular formula is C50H35N3. The van der Waals surface area contributed by atoms with E-state index in [4.69, 9.17) is 0 Å². The van der Waals surface area contributed by atoms with Crippen molar-refractivity contribution in [3.63, 3.8) is 0 Å². The highest BCUT2D eigenvalue weighted by Gasteiger charge is 2.22. The van der Waals surface area contributed by atoms with Gasteiger partial charge >= 0.3 is 0 Å². The molecule has 0 aliphatic rings. The minimum absolute atomic E-state index is 1.09. The third-order valence-electron chi connectivity index (χ3n) is 10.3. The molecule has 0 radical (unpaired) electrons. The van der Waals surface area contributed by atoms with Crippen LogP contribution < -0.4 is 4.90 Å². The third-order valence-corrected chi connectivity index (χ3v) is 10.3. The van der Waals surface area contributed by atoms with Gasteiger partial charge in [0.15, 0.2) is 0 Å². The molecule has 250 valence electrons. The second-order valence-electron chi connectivity index (χ2n) is 13.4. The van der Waals surface area contributed by atoms with Crippen LogP contribution in [0.2, 0.25) is 0 Å². The molecule has 0 saturated carbocycles. The molecule has 0 N–H and O–H groups in total. The first-order valence-electron chi connectivity index (χ1n) is 18.1. The van der Waals surface area contributed by atoms with E-state index in [0.717, 1.165) is 34.1 Å². The molecule has 0 saturated heterocycles. The maximum Gasteiger partial charge on any atom is 0.131 e. The molecular weight excluding hydrogens is 643 g/mol. The topological polar surface area (TPSA) is 13.1 Å². The van der Waals surface area contributed by atoms with Crippen molar-refractivity contribution in [1.82, 2.24) is 9.13 Å². The molecule has 0 spiro atoms. The van der Waals surface area contributed by atoms with Crippen molar-refractivity contribution in [2.75, 3.05) is 4.90 Å². The van der Waals surface area contributed by atoms with Gasteiger partial charge in [-0.05, 0) is 95.1 Å². The van der Waals surface area contributed by atoms with E-state index in [-0.39, 0.29) is 0 Å². The zero-order valence-corrected chi connectivity index (χ0v) is 29.0. The first kappa shape index (κ1) is 30.7. The highest BCUT2D eigenvalue weighted by Crippen LogP contribution is 2.42. The Morgan fingerprint density at radius 2 is 0.623 bits per heavy atom. The Balaban J connectivity index is 1.13. The van der Waals surface area contributed by atoms with Crippen LogP contribution in [-0.4, -0.2) is 9.13 Å². The monoisotopic (exact) mass is 677 g/mol. The molecule has 0 aliphatic carbocycles. The standard InChI is InChI=1S/C50H35N3/c1-4-14-36(15-5-1)38-24-28-41(29-25-38)51(42-30-26-39(27-31-42)37-16-6-2-7-17-37)43-32-34-44(35-33-43)53-48-23-13-11-21-46(48)49-45-20-10-12-22-47(45)52(50(49)53)40-18-8-3-9-19-40/h1-35H. The fraction of sp³-hybridized carbons (Fsp3) is 0. The maximum atomic E-state index is 2.43. The van der Waals surface area contributed by atoms with Crippen molar-refractivity contribution in [3.8, 4) is 33.6 Å². The summed E-state index contributed by atoms with van der Waals surface area (Å²) in [7, 11) is 0. The van der Waals surface area contributed by atoms with Crippen LogP contribution in [0.5, 0.6) is 0 Å². The number of hydrogen-bond acceptors (Lipinski definition) is 1. The average Bonchev–Trinajstić information content (AvgIpc) is 3.75. The highest BCUT2D eigenvalue weighted by molar-refractivity contribution is 6.22. The van der Waals surface area contributed by atoms with E-state index < -0.39 is 0 Å². The predicted octanol–water partition coefficient (Wildman–Crippen LogP) is 13.5. The van der Waals surface area contributed by atoms with Crippen molar-refractivity contribution in [1.29, 1.82) is 0 Å². The molecule has 0 unspecified atom stereocenters. The van der Waals surface area contributed by atoms with E-state index in [1.807, 2.05) is 0 Å². The van der Waals surface area contributed by atoms with E-state index in [9.17, 15) is 0 Å². The minimum atomic E-state index is 1.09. The molecule has 0 fully saturated rings. The van der Waals surface area contributed by atoms with Crippen molar-refractivity contribution >= 4 is 49.9 Å². The lowest BCUT2D eigenvalue weighted by Crippen LogP contribution is -2.10. The molecule has 2 heterocycles. The van der Waals surface area contributed by atoms with Crippen molar-refractivity contribution in [3.05, 3.63) is 212 Å². The normalized spacial score (nSPS) is 11.4. The molecule has 3 heteroatoms. The Hall–Kier alpha value is -7.10. The number of benzene rings is 8. The van der Waals surface area contributed by atoms with Gasteiger partial charge in [0.2, 0.25) is 0 Å². The van der Waals surface area contributed by atoms with Crippen LogP contribution in [0.4, 0.5) is 17.1 Å². The van der Waals surface area contributed by atoms with Crippen LogP contribution >= 0.6 is 0 Å². The second kappa shape index (κ2) is 12.9. The summed E-state index contributed by atoms with van der Waals surface area (Å²) >= 11 is 0. The van der Waals surface area contributed by atoms with Gasteiger partial charge in [-0.1, -0.05) is 140 Å². The SMILES string of the molecule is c1ccc(-c2ccc(N(c3ccc(-c4ccccc4)cc3)c3ccc(-n4c5ccccc5c5c6ccccc6n(-c6ccccc6)c54)cc3)cc2)cc1. The Labute approximate surface area is 308 Å². The summed E-state index contributed by atoms with van der Waals surface area (Å²) in [6, 6.07) is 76.2. The number of aromatic nitrogens is 2. The minimum Gasteiger partial charge on any atom is -0.311 e. The van der Waals surface area contributed by atoms with E-state index >= 15 is 0 Å². The fourth-order valence-corrected chi connectivity index (χ4v) is 7.86. The summed E-state index contributed by atoms with van der Waals surface area (Å²) in [5.41, 5.74) is 13.9. The van der Waals surface area contributed by atoms with Crippen LogP contribution in [0, 0.1) is 0 Å². The lowest BCUT2D eigenvalue weighted by atomic mass is 10.0. The van der Waals surface area contributed by atoms with Gasteiger partial charge < -0.3 is 4.90 Å². The van der Waals surface area contributed by atoms with Crippen LogP contribution in [0.15, 0.2) is 212 Å². The van der Waals surface area contributed by atoms with Gasteiger partial charge in [0.25, 0.3) is 0 Å². The summed E-state index contributed by atoms with van der Waals surface area (Å²) < 4.78 is 4.84. The Morgan fingerprint density at radius 1 is 0.283 bits per heavy atom. The zero-order chi connectivity index (χ0) is 35.1. The first-order chi connectivity index (χ1) is 26.3. The molecule has 0 aliphatic heterocycles. The largest absolute Gasteiger partial charge is 0.311 e. The van der Waals surface area contributed by atoms with Gasteiger partial charge in [-0.3, -0.25) is 9.13 Å². The van der Waals surface area contributed by atoms with Crippen LogP contribution in [0.1, 0.15) is 0 Å². The van der Waals surface area contributed by atoms with Crippen molar-refractivity contribution in [2.45, 2.75) is 0 Å². The Morgan fingerprint density at radius 3 is 1.08 bits per heavy atom.